The second kappa shape index (κ2) is 4.87. The molecular formula is C16H23NO2. The van der Waals surface area contributed by atoms with E-state index in [-0.39, 0.29) is 5.54 Å². The molecule has 0 radical (unpaired) electrons. The van der Waals surface area contributed by atoms with Crippen molar-refractivity contribution in [2.24, 2.45) is 0 Å². The van der Waals surface area contributed by atoms with Crippen molar-refractivity contribution >= 4 is 11.7 Å². The van der Waals surface area contributed by atoms with Gasteiger partial charge in [0.1, 0.15) is 6.04 Å². The summed E-state index contributed by atoms with van der Waals surface area (Å²) in [5, 5.41) is 9.51. The van der Waals surface area contributed by atoms with Crippen LogP contribution in [-0.2, 0) is 4.79 Å². The van der Waals surface area contributed by atoms with Crippen LogP contribution < -0.4 is 4.90 Å². The first-order valence-electron chi connectivity index (χ1n) is 6.99. The van der Waals surface area contributed by atoms with Gasteiger partial charge in [0, 0.05) is 11.2 Å². The number of rotatable bonds is 3. The van der Waals surface area contributed by atoms with E-state index in [0.717, 1.165) is 12.1 Å². The standard InChI is InChI=1S/C16H23NO2/c1-5-13(15(18)19)17-14-9-7-6-8-12(14)11(2)10-16(17,3)4/h6-9,11,13H,5,10H2,1-4H3,(H,18,19)/t11-,13+/m1/s1. The number of carboxylic acid groups (broad SMARTS) is 1. The third-order valence-corrected chi connectivity index (χ3v) is 4.17. The quantitative estimate of drug-likeness (QED) is 0.903. The van der Waals surface area contributed by atoms with Crippen molar-refractivity contribution in [3.8, 4) is 0 Å². The van der Waals surface area contributed by atoms with E-state index < -0.39 is 12.0 Å². The molecule has 0 aromatic heterocycles. The van der Waals surface area contributed by atoms with Crippen LogP contribution in [0.15, 0.2) is 24.3 Å². The smallest absolute Gasteiger partial charge is 0.326 e. The van der Waals surface area contributed by atoms with Gasteiger partial charge in [-0.25, -0.2) is 4.79 Å². The van der Waals surface area contributed by atoms with Gasteiger partial charge < -0.3 is 10.0 Å². The Morgan fingerprint density at radius 1 is 1.47 bits per heavy atom. The first-order valence-corrected chi connectivity index (χ1v) is 6.99. The minimum atomic E-state index is -0.736. The second-order valence-electron chi connectivity index (χ2n) is 6.11. The molecule has 3 nitrogen and oxygen atoms in total. The number of aliphatic carboxylic acids is 1. The van der Waals surface area contributed by atoms with Crippen LogP contribution in [0.3, 0.4) is 0 Å². The summed E-state index contributed by atoms with van der Waals surface area (Å²) in [5.41, 5.74) is 2.22. The van der Waals surface area contributed by atoms with E-state index in [1.54, 1.807) is 0 Å². The number of para-hydroxylation sites is 1. The zero-order valence-electron chi connectivity index (χ0n) is 12.2. The van der Waals surface area contributed by atoms with Gasteiger partial charge in [-0.3, -0.25) is 0 Å². The molecule has 2 rings (SSSR count). The molecule has 0 saturated carbocycles. The SMILES string of the molecule is CC[C@@H](C(=O)O)N1c2ccccc2[C@H](C)CC1(C)C. The molecule has 0 unspecified atom stereocenters. The molecule has 1 aromatic rings. The van der Waals surface area contributed by atoms with Crippen LogP contribution >= 0.6 is 0 Å². The highest BCUT2D eigenvalue weighted by atomic mass is 16.4. The first kappa shape index (κ1) is 13.9. The Morgan fingerprint density at radius 3 is 2.68 bits per heavy atom. The number of carbonyl (C=O) groups is 1. The van der Waals surface area contributed by atoms with Crippen LogP contribution in [0, 0.1) is 0 Å². The van der Waals surface area contributed by atoms with Crippen LogP contribution in [0.1, 0.15) is 52.0 Å². The highest BCUT2D eigenvalue weighted by Crippen LogP contribution is 2.44. The average molecular weight is 261 g/mol. The van der Waals surface area contributed by atoms with Crippen LogP contribution in [0.4, 0.5) is 5.69 Å². The molecule has 3 heteroatoms. The summed E-state index contributed by atoms with van der Waals surface area (Å²) < 4.78 is 0. The predicted octanol–water partition coefficient (Wildman–Crippen LogP) is 3.64. The molecule has 0 amide bonds. The predicted molar refractivity (Wildman–Crippen MR) is 77.7 cm³/mol. The summed E-state index contributed by atoms with van der Waals surface area (Å²) in [4.78, 5) is 13.7. The van der Waals surface area contributed by atoms with E-state index in [0.29, 0.717) is 12.3 Å². The fourth-order valence-electron chi connectivity index (χ4n) is 3.46. The van der Waals surface area contributed by atoms with Crippen molar-refractivity contribution in [1.82, 2.24) is 0 Å². The van der Waals surface area contributed by atoms with Gasteiger partial charge in [0.05, 0.1) is 0 Å². The molecule has 0 aliphatic carbocycles. The van der Waals surface area contributed by atoms with Gasteiger partial charge in [-0.05, 0) is 44.2 Å². The number of hydrogen-bond acceptors (Lipinski definition) is 2. The number of fused-ring (bicyclic) bond motifs is 1. The third kappa shape index (κ3) is 2.34. The lowest BCUT2D eigenvalue weighted by molar-refractivity contribution is -0.139. The molecule has 19 heavy (non-hydrogen) atoms. The van der Waals surface area contributed by atoms with E-state index in [2.05, 4.69) is 37.8 Å². The molecule has 1 aromatic carbocycles. The summed E-state index contributed by atoms with van der Waals surface area (Å²) in [7, 11) is 0. The van der Waals surface area contributed by atoms with Gasteiger partial charge >= 0.3 is 5.97 Å². The van der Waals surface area contributed by atoms with Crippen LogP contribution in [0.5, 0.6) is 0 Å². The molecule has 104 valence electrons. The minimum Gasteiger partial charge on any atom is -0.480 e. The van der Waals surface area contributed by atoms with Crippen molar-refractivity contribution in [3.63, 3.8) is 0 Å². The zero-order valence-corrected chi connectivity index (χ0v) is 12.2. The normalized spacial score (nSPS) is 22.7. The lowest BCUT2D eigenvalue weighted by Gasteiger charge is -2.50. The molecule has 0 saturated heterocycles. The Labute approximate surface area is 115 Å². The molecule has 0 bridgehead atoms. The molecular weight excluding hydrogens is 238 g/mol. The Hall–Kier alpha value is -1.51. The van der Waals surface area contributed by atoms with Crippen molar-refractivity contribution < 1.29 is 9.90 Å². The molecule has 2 atom stereocenters. The summed E-state index contributed by atoms with van der Waals surface area (Å²) in [6.07, 6.45) is 1.59. The number of carboxylic acids is 1. The maximum absolute atomic E-state index is 11.6. The van der Waals surface area contributed by atoms with Gasteiger partial charge in [0.15, 0.2) is 0 Å². The molecule has 1 aliphatic rings. The molecule has 1 heterocycles. The van der Waals surface area contributed by atoms with E-state index in [9.17, 15) is 9.90 Å². The number of benzene rings is 1. The summed E-state index contributed by atoms with van der Waals surface area (Å²) in [6, 6.07) is 7.75. The highest BCUT2D eigenvalue weighted by Gasteiger charge is 2.41. The zero-order chi connectivity index (χ0) is 14.2. The van der Waals surface area contributed by atoms with E-state index in [4.69, 9.17) is 0 Å². The van der Waals surface area contributed by atoms with Gasteiger partial charge in [-0.1, -0.05) is 32.0 Å². The number of nitrogens with zero attached hydrogens (tertiary/aromatic N) is 1. The van der Waals surface area contributed by atoms with Crippen LogP contribution in [0.2, 0.25) is 0 Å². The molecule has 1 aliphatic heterocycles. The largest absolute Gasteiger partial charge is 0.480 e. The Balaban J connectivity index is 2.56. The minimum absolute atomic E-state index is 0.132. The van der Waals surface area contributed by atoms with Crippen molar-refractivity contribution in [3.05, 3.63) is 29.8 Å². The Morgan fingerprint density at radius 2 is 2.11 bits per heavy atom. The average Bonchev–Trinajstić information content (AvgIpc) is 2.33. The van der Waals surface area contributed by atoms with Crippen LogP contribution in [0.25, 0.3) is 0 Å². The molecule has 0 spiro atoms. The van der Waals surface area contributed by atoms with Gasteiger partial charge in [-0.2, -0.15) is 0 Å². The van der Waals surface area contributed by atoms with Crippen molar-refractivity contribution in [1.29, 1.82) is 0 Å². The van der Waals surface area contributed by atoms with Crippen molar-refractivity contribution in [2.45, 2.75) is 58.0 Å². The number of hydrogen-bond donors (Lipinski definition) is 1. The maximum atomic E-state index is 11.6. The topological polar surface area (TPSA) is 40.5 Å². The lowest BCUT2D eigenvalue weighted by Crippen LogP contribution is -2.56. The Bertz CT molecular complexity index is 481. The second-order valence-corrected chi connectivity index (χ2v) is 6.11. The van der Waals surface area contributed by atoms with Gasteiger partial charge in [-0.15, -0.1) is 0 Å². The maximum Gasteiger partial charge on any atom is 0.326 e. The highest BCUT2D eigenvalue weighted by molar-refractivity contribution is 5.80. The van der Waals surface area contributed by atoms with Gasteiger partial charge in [0.25, 0.3) is 0 Å². The van der Waals surface area contributed by atoms with Gasteiger partial charge in [0.2, 0.25) is 0 Å². The van der Waals surface area contributed by atoms with E-state index in [1.807, 2.05) is 19.1 Å². The van der Waals surface area contributed by atoms with Crippen LogP contribution in [-0.4, -0.2) is 22.7 Å². The number of anilines is 1. The van der Waals surface area contributed by atoms with Crippen molar-refractivity contribution in [2.75, 3.05) is 4.90 Å². The molecule has 1 N–H and O–H groups in total. The fourth-order valence-corrected chi connectivity index (χ4v) is 3.46. The third-order valence-electron chi connectivity index (χ3n) is 4.17. The summed E-state index contributed by atoms with van der Waals surface area (Å²) >= 11 is 0. The summed E-state index contributed by atoms with van der Waals surface area (Å²) in [5.74, 6) is -0.270. The van der Waals surface area contributed by atoms with E-state index >= 15 is 0 Å². The van der Waals surface area contributed by atoms with E-state index in [1.165, 1.54) is 5.56 Å². The molecule has 0 fully saturated rings. The fraction of sp³-hybridized carbons (Fsp3) is 0.562. The summed E-state index contributed by atoms with van der Waals surface area (Å²) in [6.45, 7) is 8.45. The Kier molecular flexibility index (Phi) is 3.57. The monoisotopic (exact) mass is 261 g/mol. The first-order chi connectivity index (χ1) is 8.88. The lowest BCUT2D eigenvalue weighted by atomic mass is 9.79.